The van der Waals surface area contributed by atoms with Gasteiger partial charge in [0.05, 0.1) is 12.4 Å². The molecule has 0 aliphatic carbocycles. The molecule has 0 unspecified atom stereocenters. The van der Waals surface area contributed by atoms with E-state index < -0.39 is 11.8 Å². The number of anilines is 1. The molecule has 1 N–H and O–H groups in total. The van der Waals surface area contributed by atoms with Crippen molar-refractivity contribution in [3.8, 4) is 5.88 Å². The highest BCUT2D eigenvalue weighted by Gasteiger charge is 2.23. The summed E-state index contributed by atoms with van der Waals surface area (Å²) in [5.41, 5.74) is -0.0856. The fourth-order valence-corrected chi connectivity index (χ4v) is 2.41. The van der Waals surface area contributed by atoms with Crippen molar-refractivity contribution >= 4 is 11.8 Å². The minimum Gasteiger partial charge on any atom is -0.476 e. The van der Waals surface area contributed by atoms with Crippen molar-refractivity contribution in [2.45, 2.75) is 18.9 Å². The first-order valence-electron chi connectivity index (χ1n) is 7.21. The van der Waals surface area contributed by atoms with E-state index in [1.807, 2.05) is 4.90 Å². The lowest BCUT2D eigenvalue weighted by Crippen LogP contribution is -2.39. The fraction of sp³-hybridized carbons (Fsp3) is 0.333. The SMILES string of the molecule is O=C(O)c1cnc(N2CCC(Oc3ncccc3F)CC2)cn1. The Hall–Kier alpha value is -2.77. The summed E-state index contributed by atoms with van der Waals surface area (Å²) in [4.78, 5) is 24.6. The van der Waals surface area contributed by atoms with Crippen LogP contribution < -0.4 is 9.64 Å². The molecule has 8 heteroatoms. The van der Waals surface area contributed by atoms with Crippen LogP contribution in [0.3, 0.4) is 0 Å². The average Bonchev–Trinajstić information content (AvgIpc) is 2.58. The van der Waals surface area contributed by atoms with Gasteiger partial charge in [0.15, 0.2) is 11.5 Å². The molecule has 1 aliphatic rings. The van der Waals surface area contributed by atoms with Gasteiger partial charge in [-0.2, -0.15) is 0 Å². The molecular formula is C15H15FN4O3. The topological polar surface area (TPSA) is 88.4 Å². The summed E-state index contributed by atoms with van der Waals surface area (Å²) in [7, 11) is 0. The zero-order valence-corrected chi connectivity index (χ0v) is 12.2. The number of hydrogen-bond acceptors (Lipinski definition) is 6. The lowest BCUT2D eigenvalue weighted by molar-refractivity contribution is 0.0690. The third kappa shape index (κ3) is 3.53. The molecule has 3 heterocycles. The van der Waals surface area contributed by atoms with Crippen LogP contribution in [0.1, 0.15) is 23.3 Å². The van der Waals surface area contributed by atoms with Crippen molar-refractivity contribution in [3.05, 3.63) is 42.2 Å². The molecule has 0 spiro atoms. The van der Waals surface area contributed by atoms with Crippen LogP contribution in [0.4, 0.5) is 10.2 Å². The Labute approximate surface area is 131 Å². The lowest BCUT2D eigenvalue weighted by Gasteiger charge is -2.32. The zero-order chi connectivity index (χ0) is 16.2. The number of carbonyl (C=O) groups is 1. The third-order valence-electron chi connectivity index (χ3n) is 3.63. The second-order valence-corrected chi connectivity index (χ2v) is 5.16. The highest BCUT2D eigenvalue weighted by atomic mass is 19.1. The van der Waals surface area contributed by atoms with Crippen LogP contribution in [-0.2, 0) is 0 Å². The van der Waals surface area contributed by atoms with Crippen LogP contribution >= 0.6 is 0 Å². The van der Waals surface area contributed by atoms with Crippen molar-refractivity contribution in [2.24, 2.45) is 0 Å². The monoisotopic (exact) mass is 318 g/mol. The minimum absolute atomic E-state index is 0.0246. The Balaban J connectivity index is 1.58. The largest absolute Gasteiger partial charge is 0.476 e. The maximum absolute atomic E-state index is 13.5. The molecular weight excluding hydrogens is 303 g/mol. The highest BCUT2D eigenvalue weighted by Crippen LogP contribution is 2.22. The summed E-state index contributed by atoms with van der Waals surface area (Å²) in [5.74, 6) is -0.923. The van der Waals surface area contributed by atoms with E-state index >= 15 is 0 Å². The molecule has 7 nitrogen and oxygen atoms in total. The molecule has 1 fully saturated rings. The molecule has 3 rings (SSSR count). The van der Waals surface area contributed by atoms with Gasteiger partial charge in [-0.1, -0.05) is 0 Å². The van der Waals surface area contributed by atoms with Crippen LogP contribution in [0.2, 0.25) is 0 Å². The number of hydrogen-bond donors (Lipinski definition) is 1. The van der Waals surface area contributed by atoms with E-state index in [0.29, 0.717) is 31.7 Å². The summed E-state index contributed by atoms with van der Waals surface area (Å²) >= 11 is 0. The van der Waals surface area contributed by atoms with Gasteiger partial charge in [-0.15, -0.1) is 0 Å². The molecule has 0 amide bonds. The second kappa shape index (κ2) is 6.55. The second-order valence-electron chi connectivity index (χ2n) is 5.16. The van der Waals surface area contributed by atoms with Gasteiger partial charge >= 0.3 is 5.97 Å². The van der Waals surface area contributed by atoms with Crippen LogP contribution in [-0.4, -0.2) is 45.2 Å². The van der Waals surface area contributed by atoms with E-state index in [2.05, 4.69) is 15.0 Å². The molecule has 2 aromatic rings. The van der Waals surface area contributed by atoms with Crippen molar-refractivity contribution in [2.75, 3.05) is 18.0 Å². The Morgan fingerprint density at radius 3 is 2.65 bits per heavy atom. The van der Waals surface area contributed by atoms with Crippen molar-refractivity contribution < 1.29 is 19.0 Å². The van der Waals surface area contributed by atoms with E-state index in [4.69, 9.17) is 9.84 Å². The minimum atomic E-state index is -1.10. The molecule has 23 heavy (non-hydrogen) atoms. The van der Waals surface area contributed by atoms with Gasteiger partial charge in [0.2, 0.25) is 0 Å². The molecule has 0 aromatic carbocycles. The maximum Gasteiger partial charge on any atom is 0.356 e. The quantitative estimate of drug-likeness (QED) is 0.918. The van der Waals surface area contributed by atoms with E-state index in [0.717, 1.165) is 0 Å². The number of halogens is 1. The third-order valence-corrected chi connectivity index (χ3v) is 3.63. The molecule has 0 saturated carbocycles. The Kier molecular flexibility index (Phi) is 4.31. The number of nitrogens with zero attached hydrogens (tertiary/aromatic N) is 4. The summed E-state index contributed by atoms with van der Waals surface area (Å²) in [6, 6.07) is 2.83. The summed E-state index contributed by atoms with van der Waals surface area (Å²) < 4.78 is 19.1. The van der Waals surface area contributed by atoms with E-state index in [1.165, 1.54) is 30.7 Å². The number of aromatic carboxylic acids is 1. The van der Waals surface area contributed by atoms with E-state index in [1.54, 1.807) is 0 Å². The van der Waals surface area contributed by atoms with Crippen LogP contribution in [0, 0.1) is 5.82 Å². The number of piperidine rings is 1. The predicted octanol–water partition coefficient (Wildman–Crippen LogP) is 1.76. The van der Waals surface area contributed by atoms with Crippen molar-refractivity contribution in [1.82, 2.24) is 15.0 Å². The molecule has 2 aromatic heterocycles. The molecule has 120 valence electrons. The summed E-state index contributed by atoms with van der Waals surface area (Å²) in [6.07, 6.45) is 5.46. The van der Waals surface area contributed by atoms with Crippen LogP contribution in [0.25, 0.3) is 0 Å². The molecule has 1 saturated heterocycles. The van der Waals surface area contributed by atoms with E-state index in [-0.39, 0.29) is 17.7 Å². The predicted molar refractivity (Wildman–Crippen MR) is 79.0 cm³/mol. The Morgan fingerprint density at radius 1 is 1.26 bits per heavy atom. The first-order valence-corrected chi connectivity index (χ1v) is 7.21. The number of rotatable bonds is 4. The highest BCUT2D eigenvalue weighted by molar-refractivity contribution is 5.84. The number of aromatic nitrogens is 3. The number of ether oxygens (including phenoxy) is 1. The normalized spacial score (nSPS) is 15.4. The van der Waals surface area contributed by atoms with Crippen molar-refractivity contribution in [1.29, 1.82) is 0 Å². The number of carboxylic acid groups (broad SMARTS) is 1. The van der Waals surface area contributed by atoms with Crippen molar-refractivity contribution in [3.63, 3.8) is 0 Å². The first kappa shape index (κ1) is 15.1. The van der Waals surface area contributed by atoms with Gasteiger partial charge in [-0.25, -0.2) is 24.1 Å². The standard InChI is InChI=1S/C15H15FN4O3/c16-11-2-1-5-17-14(11)23-10-3-6-20(7-4-10)13-9-18-12(8-19-13)15(21)22/h1-2,5,8-10H,3-4,6-7H2,(H,21,22). The molecule has 0 atom stereocenters. The molecule has 0 bridgehead atoms. The molecule has 0 radical (unpaired) electrons. The molecule has 1 aliphatic heterocycles. The lowest BCUT2D eigenvalue weighted by atomic mass is 10.1. The van der Waals surface area contributed by atoms with Gasteiger partial charge in [-0.3, -0.25) is 0 Å². The Morgan fingerprint density at radius 2 is 2.04 bits per heavy atom. The number of carboxylic acids is 1. The van der Waals surface area contributed by atoms with Gasteiger partial charge < -0.3 is 14.7 Å². The number of pyridine rings is 1. The van der Waals surface area contributed by atoms with Crippen LogP contribution in [0.5, 0.6) is 5.88 Å². The first-order chi connectivity index (χ1) is 11.1. The zero-order valence-electron chi connectivity index (χ0n) is 12.2. The Bertz CT molecular complexity index is 687. The van der Waals surface area contributed by atoms with Crippen LogP contribution in [0.15, 0.2) is 30.7 Å². The van der Waals surface area contributed by atoms with Gasteiger partial charge in [0.1, 0.15) is 11.9 Å². The van der Waals surface area contributed by atoms with Gasteiger partial charge in [-0.05, 0) is 12.1 Å². The van der Waals surface area contributed by atoms with E-state index in [9.17, 15) is 9.18 Å². The summed E-state index contributed by atoms with van der Waals surface area (Å²) in [5, 5.41) is 8.81. The summed E-state index contributed by atoms with van der Waals surface area (Å²) in [6.45, 7) is 1.33. The average molecular weight is 318 g/mol. The fourth-order valence-electron chi connectivity index (χ4n) is 2.41. The maximum atomic E-state index is 13.5. The smallest absolute Gasteiger partial charge is 0.356 e. The van der Waals surface area contributed by atoms with Gasteiger partial charge in [0, 0.05) is 32.1 Å². The van der Waals surface area contributed by atoms with Gasteiger partial charge in [0.25, 0.3) is 5.88 Å².